The fourth-order valence-electron chi connectivity index (χ4n) is 3.81. The average Bonchev–Trinajstić information content (AvgIpc) is 3.20. The second kappa shape index (κ2) is 6.73. The lowest BCUT2D eigenvalue weighted by molar-refractivity contribution is 0.709. The molecule has 0 saturated heterocycles. The van der Waals surface area contributed by atoms with Crippen LogP contribution < -0.4 is 5.01 Å². The second-order valence-electron chi connectivity index (χ2n) is 6.92. The van der Waals surface area contributed by atoms with E-state index >= 15 is 0 Å². The Kier molecular flexibility index (Phi) is 3.95. The first-order valence-electron chi connectivity index (χ1n) is 9.34. The van der Waals surface area contributed by atoms with E-state index in [1.54, 1.807) is 0 Å². The maximum absolute atomic E-state index is 5.04. The van der Waals surface area contributed by atoms with Crippen molar-refractivity contribution in [3.8, 4) is 0 Å². The van der Waals surface area contributed by atoms with Crippen LogP contribution in [-0.4, -0.2) is 5.71 Å². The quantitative estimate of drug-likeness (QED) is 0.431. The smallest absolute Gasteiger partial charge is 0.0831 e. The fraction of sp³-hybridized carbons (Fsp3) is 0.0800. The van der Waals surface area contributed by atoms with Crippen molar-refractivity contribution in [2.75, 3.05) is 5.01 Å². The molecule has 5 rings (SSSR count). The zero-order valence-corrected chi connectivity index (χ0v) is 15.0. The lowest BCUT2D eigenvalue weighted by Gasteiger charge is -2.23. The molecule has 1 aliphatic heterocycles. The van der Waals surface area contributed by atoms with Crippen LogP contribution in [-0.2, 0) is 0 Å². The third-order valence-electron chi connectivity index (χ3n) is 5.20. The zero-order valence-electron chi connectivity index (χ0n) is 15.0. The Hall–Kier alpha value is -3.39. The van der Waals surface area contributed by atoms with Gasteiger partial charge in [0.25, 0.3) is 0 Å². The molecule has 0 aromatic heterocycles. The van der Waals surface area contributed by atoms with E-state index in [4.69, 9.17) is 5.10 Å². The minimum atomic E-state index is 0.218. The minimum Gasteiger partial charge on any atom is -0.257 e. The monoisotopic (exact) mass is 348 g/mol. The normalized spacial score (nSPS) is 16.5. The highest BCUT2D eigenvalue weighted by molar-refractivity contribution is 6.05. The molecule has 130 valence electrons. The highest BCUT2D eigenvalue weighted by Gasteiger charge is 2.29. The van der Waals surface area contributed by atoms with Crippen molar-refractivity contribution in [3.63, 3.8) is 0 Å². The SMILES string of the molecule is c1ccc([C@@H]2CC(c3ccc4ccccc4c3)=NN2c2ccccc2)cc1. The van der Waals surface area contributed by atoms with Crippen molar-refractivity contribution < 1.29 is 0 Å². The third-order valence-corrected chi connectivity index (χ3v) is 5.20. The summed E-state index contributed by atoms with van der Waals surface area (Å²) in [6.07, 6.45) is 0.900. The molecule has 1 heterocycles. The predicted octanol–water partition coefficient (Wildman–Crippen LogP) is 6.20. The first-order chi connectivity index (χ1) is 13.4. The van der Waals surface area contributed by atoms with Crippen LogP contribution in [0.25, 0.3) is 10.8 Å². The molecule has 0 aliphatic carbocycles. The van der Waals surface area contributed by atoms with Crippen molar-refractivity contribution in [2.24, 2.45) is 5.10 Å². The number of para-hydroxylation sites is 1. The van der Waals surface area contributed by atoms with Gasteiger partial charge in [0.15, 0.2) is 0 Å². The molecule has 0 N–H and O–H groups in total. The highest BCUT2D eigenvalue weighted by Crippen LogP contribution is 2.36. The standard InChI is InChI=1S/C25H20N2/c1-3-10-20(11-4-1)25-18-24(26-27(25)23-13-5-2-6-14-23)22-16-15-19-9-7-8-12-21(19)17-22/h1-17,25H,18H2/t25-/m0/s1. The van der Waals surface area contributed by atoms with Gasteiger partial charge in [-0.15, -0.1) is 0 Å². The Bertz CT molecular complexity index is 1100. The fourth-order valence-corrected chi connectivity index (χ4v) is 3.81. The Morgan fingerprint density at radius 1 is 0.667 bits per heavy atom. The molecule has 0 saturated carbocycles. The molecular formula is C25H20N2. The van der Waals surface area contributed by atoms with Gasteiger partial charge in [0.1, 0.15) is 0 Å². The van der Waals surface area contributed by atoms with Crippen LogP contribution in [0.3, 0.4) is 0 Å². The summed E-state index contributed by atoms with van der Waals surface area (Å²) in [5, 5.41) is 9.73. The molecule has 0 radical (unpaired) electrons. The average molecular weight is 348 g/mol. The second-order valence-corrected chi connectivity index (χ2v) is 6.92. The van der Waals surface area contributed by atoms with Gasteiger partial charge in [-0.05, 0) is 40.1 Å². The molecule has 4 aromatic rings. The number of hydrazone groups is 1. The van der Waals surface area contributed by atoms with Crippen molar-refractivity contribution in [1.82, 2.24) is 0 Å². The molecule has 2 heteroatoms. The van der Waals surface area contributed by atoms with Crippen molar-refractivity contribution >= 4 is 22.2 Å². The van der Waals surface area contributed by atoms with Crippen molar-refractivity contribution in [3.05, 3.63) is 114 Å². The van der Waals surface area contributed by atoms with E-state index in [0.717, 1.165) is 17.8 Å². The van der Waals surface area contributed by atoms with Gasteiger partial charge in [-0.2, -0.15) is 5.10 Å². The Labute approximate surface area is 159 Å². The number of benzene rings is 4. The van der Waals surface area contributed by atoms with Gasteiger partial charge >= 0.3 is 0 Å². The summed E-state index contributed by atoms with van der Waals surface area (Å²) >= 11 is 0. The van der Waals surface area contributed by atoms with Crippen LogP contribution in [0.2, 0.25) is 0 Å². The lowest BCUT2D eigenvalue weighted by Crippen LogP contribution is -2.18. The first-order valence-corrected chi connectivity index (χ1v) is 9.34. The van der Waals surface area contributed by atoms with E-state index in [-0.39, 0.29) is 6.04 Å². The number of nitrogens with zero attached hydrogens (tertiary/aromatic N) is 2. The van der Waals surface area contributed by atoms with Gasteiger partial charge in [0, 0.05) is 6.42 Å². The Morgan fingerprint density at radius 2 is 1.33 bits per heavy atom. The van der Waals surface area contributed by atoms with Crippen LogP contribution in [0, 0.1) is 0 Å². The predicted molar refractivity (Wildman–Crippen MR) is 113 cm³/mol. The Morgan fingerprint density at radius 3 is 2.11 bits per heavy atom. The van der Waals surface area contributed by atoms with E-state index in [1.807, 2.05) is 6.07 Å². The topological polar surface area (TPSA) is 15.6 Å². The van der Waals surface area contributed by atoms with Gasteiger partial charge in [0.2, 0.25) is 0 Å². The van der Waals surface area contributed by atoms with Crippen molar-refractivity contribution in [1.29, 1.82) is 0 Å². The van der Waals surface area contributed by atoms with E-state index in [0.29, 0.717) is 0 Å². The van der Waals surface area contributed by atoms with Crippen LogP contribution in [0.5, 0.6) is 0 Å². The number of hydrogen-bond donors (Lipinski definition) is 0. The zero-order chi connectivity index (χ0) is 18.1. The van der Waals surface area contributed by atoms with E-state index in [9.17, 15) is 0 Å². The summed E-state index contributed by atoms with van der Waals surface area (Å²) in [6.45, 7) is 0. The Balaban J connectivity index is 1.58. The summed E-state index contributed by atoms with van der Waals surface area (Å²) in [6, 6.07) is 36.4. The molecule has 4 aromatic carbocycles. The van der Waals surface area contributed by atoms with Crippen LogP contribution in [0.15, 0.2) is 108 Å². The lowest BCUT2D eigenvalue weighted by atomic mass is 9.97. The largest absolute Gasteiger partial charge is 0.257 e. The summed E-state index contributed by atoms with van der Waals surface area (Å²) < 4.78 is 0. The van der Waals surface area contributed by atoms with E-state index in [1.165, 1.54) is 21.9 Å². The molecule has 27 heavy (non-hydrogen) atoms. The summed E-state index contributed by atoms with van der Waals surface area (Å²) in [4.78, 5) is 0. The summed E-state index contributed by atoms with van der Waals surface area (Å²) in [7, 11) is 0. The van der Waals surface area contributed by atoms with Gasteiger partial charge in [-0.3, -0.25) is 5.01 Å². The molecule has 0 spiro atoms. The maximum Gasteiger partial charge on any atom is 0.0831 e. The van der Waals surface area contributed by atoms with Gasteiger partial charge in [0.05, 0.1) is 17.4 Å². The number of rotatable bonds is 3. The van der Waals surface area contributed by atoms with Gasteiger partial charge in [-0.1, -0.05) is 84.9 Å². The molecule has 0 fully saturated rings. The van der Waals surface area contributed by atoms with Crippen molar-refractivity contribution in [2.45, 2.75) is 12.5 Å². The molecule has 2 nitrogen and oxygen atoms in total. The van der Waals surface area contributed by atoms with Crippen LogP contribution in [0.1, 0.15) is 23.6 Å². The van der Waals surface area contributed by atoms with Gasteiger partial charge < -0.3 is 0 Å². The van der Waals surface area contributed by atoms with Crippen LogP contribution in [0.4, 0.5) is 5.69 Å². The molecule has 0 bridgehead atoms. The van der Waals surface area contributed by atoms with Crippen LogP contribution >= 0.6 is 0 Å². The minimum absolute atomic E-state index is 0.218. The highest BCUT2D eigenvalue weighted by atomic mass is 15.5. The number of hydrogen-bond acceptors (Lipinski definition) is 2. The molecule has 1 atom stereocenters. The van der Waals surface area contributed by atoms with E-state index < -0.39 is 0 Å². The molecule has 0 amide bonds. The molecular weight excluding hydrogens is 328 g/mol. The third kappa shape index (κ3) is 3.00. The van der Waals surface area contributed by atoms with E-state index in [2.05, 4.69) is 102 Å². The molecule has 0 unspecified atom stereocenters. The maximum atomic E-state index is 5.04. The van der Waals surface area contributed by atoms with Gasteiger partial charge in [-0.25, -0.2) is 0 Å². The summed E-state index contributed by atoms with van der Waals surface area (Å²) in [5.74, 6) is 0. The first kappa shape index (κ1) is 15.8. The summed E-state index contributed by atoms with van der Waals surface area (Å²) in [5.41, 5.74) is 4.76. The number of fused-ring (bicyclic) bond motifs is 1. The molecule has 1 aliphatic rings. The number of anilines is 1.